The highest BCUT2D eigenvalue weighted by atomic mass is 35.5. The summed E-state index contributed by atoms with van der Waals surface area (Å²) in [7, 11) is 1.32. The van der Waals surface area contributed by atoms with E-state index < -0.39 is 0 Å². The molecular formula is C5H8ClNO3. The Balaban J connectivity index is 0.000000810. The summed E-state index contributed by atoms with van der Waals surface area (Å²) in [5.74, 6) is -0.476. The molecule has 0 radical (unpaired) electrons. The Morgan fingerprint density at radius 3 is 2.60 bits per heavy atom. The predicted octanol–water partition coefficient (Wildman–Crippen LogP) is -4.60. The van der Waals surface area contributed by atoms with Crippen molar-refractivity contribution in [2.75, 3.05) is 7.11 Å². The van der Waals surface area contributed by atoms with Gasteiger partial charge < -0.3 is 17.1 Å². The SMILES string of the molecule is COC(=O)C1CC1[NH+]=O.[Cl-]. The van der Waals surface area contributed by atoms with Crippen molar-refractivity contribution >= 4 is 5.97 Å². The van der Waals surface area contributed by atoms with Crippen molar-refractivity contribution in [3.05, 3.63) is 4.91 Å². The number of carbonyl (C=O) groups excluding carboxylic acids is 1. The van der Waals surface area contributed by atoms with Gasteiger partial charge in [0.2, 0.25) is 6.04 Å². The number of rotatable bonds is 2. The van der Waals surface area contributed by atoms with E-state index in [1.165, 1.54) is 7.11 Å². The summed E-state index contributed by atoms with van der Waals surface area (Å²) >= 11 is 0. The van der Waals surface area contributed by atoms with E-state index in [0.29, 0.717) is 6.42 Å². The fourth-order valence-corrected chi connectivity index (χ4v) is 0.737. The topological polar surface area (TPSA) is 57.3 Å². The van der Waals surface area contributed by atoms with Crippen LogP contribution in [0.25, 0.3) is 0 Å². The van der Waals surface area contributed by atoms with Crippen LogP contribution >= 0.6 is 0 Å². The Morgan fingerprint density at radius 2 is 2.30 bits per heavy atom. The highest BCUT2D eigenvalue weighted by Gasteiger charge is 2.51. The maximum Gasteiger partial charge on any atom is 0.315 e. The standard InChI is InChI=1S/C5H7NO3.ClH/c1-9-5(7)3-2-4(3)6-8;/h3-4H,2H2,1H3;1H. The smallest absolute Gasteiger partial charge is 0.315 e. The lowest BCUT2D eigenvalue weighted by Gasteiger charge is -1.89. The fourth-order valence-electron chi connectivity index (χ4n) is 0.737. The molecule has 1 saturated carbocycles. The minimum atomic E-state index is -0.289. The highest BCUT2D eigenvalue weighted by molar-refractivity contribution is 5.75. The van der Waals surface area contributed by atoms with Crippen molar-refractivity contribution in [3.8, 4) is 0 Å². The lowest BCUT2D eigenvalue weighted by atomic mass is 10.4. The molecule has 0 heterocycles. The molecular weight excluding hydrogens is 158 g/mol. The molecule has 1 fully saturated rings. The van der Waals surface area contributed by atoms with E-state index in [4.69, 9.17) is 0 Å². The van der Waals surface area contributed by atoms with Gasteiger partial charge in [-0.3, -0.25) is 4.79 Å². The van der Waals surface area contributed by atoms with Gasteiger partial charge in [0.05, 0.1) is 7.11 Å². The van der Waals surface area contributed by atoms with Crippen molar-refractivity contribution in [2.45, 2.75) is 12.5 Å². The van der Waals surface area contributed by atoms with Crippen molar-refractivity contribution < 1.29 is 27.1 Å². The third kappa shape index (κ3) is 1.67. The molecule has 1 aliphatic rings. The van der Waals surface area contributed by atoms with Crippen LogP contribution in [0.2, 0.25) is 0 Å². The summed E-state index contributed by atoms with van der Waals surface area (Å²) in [6.45, 7) is 0. The number of hydrogen-bond donors (Lipinski definition) is 1. The van der Waals surface area contributed by atoms with Crippen LogP contribution in [0.4, 0.5) is 0 Å². The van der Waals surface area contributed by atoms with Crippen LogP contribution in [0.15, 0.2) is 0 Å². The van der Waals surface area contributed by atoms with Crippen LogP contribution in [0.5, 0.6) is 0 Å². The minimum absolute atomic E-state index is 0. The predicted molar refractivity (Wildman–Crippen MR) is 28.2 cm³/mol. The fraction of sp³-hybridized carbons (Fsp3) is 0.800. The van der Waals surface area contributed by atoms with E-state index in [-0.39, 0.29) is 30.3 Å². The molecule has 0 aromatic carbocycles. The Bertz CT molecular complexity index is 150. The number of esters is 1. The summed E-state index contributed by atoms with van der Waals surface area (Å²) in [6, 6.07) is -0.183. The third-order valence-electron chi connectivity index (χ3n) is 1.45. The summed E-state index contributed by atoms with van der Waals surface area (Å²) in [5.41, 5.74) is 0. The van der Waals surface area contributed by atoms with Gasteiger partial charge in [-0.2, -0.15) is 0 Å². The highest BCUT2D eigenvalue weighted by Crippen LogP contribution is 2.27. The van der Waals surface area contributed by atoms with E-state index in [1.807, 2.05) is 0 Å². The molecule has 0 aliphatic heterocycles. The molecule has 0 spiro atoms. The quantitative estimate of drug-likeness (QED) is 0.419. The van der Waals surface area contributed by atoms with Crippen LogP contribution in [0.3, 0.4) is 0 Å². The number of ether oxygens (including phenoxy) is 1. The van der Waals surface area contributed by atoms with Crippen LogP contribution < -0.4 is 17.6 Å². The maximum absolute atomic E-state index is 10.5. The Labute approximate surface area is 64.3 Å². The normalized spacial score (nSPS) is 28.1. The Morgan fingerprint density at radius 1 is 1.70 bits per heavy atom. The average Bonchev–Trinajstić information content (AvgIpc) is 2.64. The van der Waals surface area contributed by atoms with E-state index in [2.05, 4.69) is 4.74 Å². The summed E-state index contributed by atoms with van der Waals surface area (Å²) in [4.78, 5) is 20.4. The molecule has 1 rings (SSSR count). The van der Waals surface area contributed by atoms with Gasteiger partial charge in [0.25, 0.3) is 0 Å². The van der Waals surface area contributed by atoms with Gasteiger partial charge in [0, 0.05) is 11.3 Å². The molecule has 4 nitrogen and oxygen atoms in total. The molecule has 0 aromatic rings. The zero-order valence-corrected chi connectivity index (χ0v) is 6.22. The first-order chi connectivity index (χ1) is 4.29. The molecule has 5 heteroatoms. The van der Waals surface area contributed by atoms with Gasteiger partial charge in [-0.25, -0.2) is 0 Å². The van der Waals surface area contributed by atoms with Gasteiger partial charge in [0.15, 0.2) is 0 Å². The summed E-state index contributed by atoms with van der Waals surface area (Å²) in [5, 5.41) is 1.75. The number of methoxy groups -OCH3 is 1. The van der Waals surface area contributed by atoms with E-state index in [9.17, 15) is 9.70 Å². The number of carbonyl (C=O) groups is 1. The monoisotopic (exact) mass is 165 g/mol. The zero-order valence-electron chi connectivity index (χ0n) is 5.46. The van der Waals surface area contributed by atoms with E-state index in [1.54, 1.807) is 5.18 Å². The number of nitroso groups, excluding NO2 is 1. The second-order valence-corrected chi connectivity index (χ2v) is 2.09. The molecule has 1 N–H and O–H groups in total. The van der Waals surface area contributed by atoms with Crippen molar-refractivity contribution in [2.24, 2.45) is 5.92 Å². The van der Waals surface area contributed by atoms with Gasteiger partial charge in [0.1, 0.15) is 5.92 Å². The second kappa shape index (κ2) is 3.51. The Hall–Kier alpha value is -0.640. The molecule has 58 valence electrons. The van der Waals surface area contributed by atoms with Crippen LogP contribution in [0, 0.1) is 10.8 Å². The first kappa shape index (κ1) is 9.36. The molecule has 2 unspecified atom stereocenters. The van der Waals surface area contributed by atoms with Crippen molar-refractivity contribution in [1.29, 1.82) is 0 Å². The molecule has 2 atom stereocenters. The van der Waals surface area contributed by atoms with E-state index >= 15 is 0 Å². The van der Waals surface area contributed by atoms with Gasteiger partial charge in [-0.1, -0.05) is 0 Å². The number of hydrogen-bond acceptors (Lipinski definition) is 3. The van der Waals surface area contributed by atoms with Crippen LogP contribution in [0.1, 0.15) is 6.42 Å². The first-order valence-electron chi connectivity index (χ1n) is 2.75. The lowest BCUT2D eigenvalue weighted by molar-refractivity contribution is -0.498. The molecule has 0 bridgehead atoms. The van der Waals surface area contributed by atoms with Crippen LogP contribution in [-0.4, -0.2) is 19.1 Å². The minimum Gasteiger partial charge on any atom is -1.00 e. The van der Waals surface area contributed by atoms with Gasteiger partial charge >= 0.3 is 5.97 Å². The summed E-state index contributed by atoms with van der Waals surface area (Å²) in [6.07, 6.45) is 0.621. The molecule has 1 aliphatic carbocycles. The van der Waals surface area contributed by atoms with Crippen LogP contribution in [-0.2, 0) is 9.53 Å². The van der Waals surface area contributed by atoms with Crippen molar-refractivity contribution in [3.63, 3.8) is 0 Å². The number of nitrogens with one attached hydrogen (secondary N) is 1. The number of halogens is 1. The Kier molecular flexibility index (Phi) is 3.28. The van der Waals surface area contributed by atoms with Crippen molar-refractivity contribution in [1.82, 2.24) is 0 Å². The first-order valence-corrected chi connectivity index (χ1v) is 2.75. The zero-order chi connectivity index (χ0) is 6.85. The molecule has 0 aromatic heterocycles. The average molecular weight is 166 g/mol. The van der Waals surface area contributed by atoms with E-state index in [0.717, 1.165) is 0 Å². The third-order valence-corrected chi connectivity index (χ3v) is 1.45. The second-order valence-electron chi connectivity index (χ2n) is 2.09. The molecule has 0 saturated heterocycles. The molecule has 10 heavy (non-hydrogen) atoms. The van der Waals surface area contributed by atoms with Gasteiger partial charge in [-0.05, 0) is 5.18 Å². The molecule has 0 amide bonds. The largest absolute Gasteiger partial charge is 1.00 e. The lowest BCUT2D eigenvalue weighted by Crippen LogP contribution is -3.00. The van der Waals surface area contributed by atoms with Gasteiger partial charge in [-0.15, -0.1) is 0 Å². The summed E-state index contributed by atoms with van der Waals surface area (Å²) < 4.78 is 4.39. The maximum atomic E-state index is 10.5.